The van der Waals surface area contributed by atoms with Crippen molar-refractivity contribution in [3.05, 3.63) is 66.2 Å². The average Bonchev–Trinajstić information content (AvgIpc) is 2.66. The van der Waals surface area contributed by atoms with Crippen molar-refractivity contribution in [2.75, 3.05) is 50.3 Å². The summed E-state index contributed by atoms with van der Waals surface area (Å²) >= 11 is 0. The van der Waals surface area contributed by atoms with Crippen molar-refractivity contribution < 1.29 is 9.59 Å². The van der Waals surface area contributed by atoms with Crippen LogP contribution >= 0.6 is 0 Å². The molecule has 0 heterocycles. The Morgan fingerprint density at radius 2 is 1.45 bits per heavy atom. The van der Waals surface area contributed by atoms with Gasteiger partial charge >= 0.3 is 0 Å². The second kappa shape index (κ2) is 8.75. The lowest BCUT2D eigenvalue weighted by molar-refractivity contribution is -0.116. The predicted octanol–water partition coefficient (Wildman–Crippen LogP) is 3.66. The zero-order valence-electron chi connectivity index (χ0n) is 17.2. The highest BCUT2D eigenvalue weighted by molar-refractivity contribution is 6.15. The first-order valence-corrected chi connectivity index (χ1v) is 9.40. The second-order valence-electron chi connectivity index (χ2n) is 7.39. The molecule has 29 heavy (non-hydrogen) atoms. The number of benzene rings is 3. The van der Waals surface area contributed by atoms with E-state index in [-0.39, 0.29) is 11.8 Å². The first-order valence-electron chi connectivity index (χ1n) is 9.40. The normalized spacial score (nSPS) is 10.8. The molecule has 2 amide bonds. The van der Waals surface area contributed by atoms with Gasteiger partial charge in [0.1, 0.15) is 0 Å². The molecule has 3 rings (SSSR count). The molecule has 0 saturated heterocycles. The second-order valence-corrected chi connectivity index (χ2v) is 7.39. The lowest BCUT2D eigenvalue weighted by Crippen LogP contribution is -2.27. The lowest BCUT2D eigenvalue weighted by atomic mass is 10.0. The van der Waals surface area contributed by atoms with E-state index in [1.165, 1.54) is 0 Å². The molecule has 3 aromatic carbocycles. The van der Waals surface area contributed by atoms with Crippen molar-refractivity contribution in [1.29, 1.82) is 0 Å². The molecule has 0 radical (unpaired) electrons. The number of likely N-dealkylation sites (N-methyl/N-ethyl adjacent to an activating group) is 1. The smallest absolute Gasteiger partial charge is 0.256 e. The molecule has 0 atom stereocenters. The highest BCUT2D eigenvalue weighted by Crippen LogP contribution is 2.29. The predicted molar refractivity (Wildman–Crippen MR) is 120 cm³/mol. The molecule has 0 unspecified atom stereocenters. The van der Waals surface area contributed by atoms with Crippen LogP contribution in [0.25, 0.3) is 10.8 Å². The fourth-order valence-corrected chi connectivity index (χ4v) is 3.23. The molecule has 0 aliphatic heterocycles. The van der Waals surface area contributed by atoms with E-state index < -0.39 is 0 Å². The van der Waals surface area contributed by atoms with Gasteiger partial charge in [-0.25, -0.2) is 0 Å². The fraction of sp³-hybridized carbons (Fsp3) is 0.217. The summed E-state index contributed by atoms with van der Waals surface area (Å²) in [6.45, 7) is 0.292. The van der Waals surface area contributed by atoms with Crippen LogP contribution in [0.5, 0.6) is 0 Å². The minimum absolute atomic E-state index is 0.108. The first kappa shape index (κ1) is 20.4. The quantitative estimate of drug-likeness (QED) is 0.674. The summed E-state index contributed by atoms with van der Waals surface area (Å²) in [6, 6.07) is 18.8. The van der Waals surface area contributed by atoms with Crippen molar-refractivity contribution in [2.45, 2.75) is 0 Å². The molecule has 6 heteroatoms. The molecule has 0 saturated carbocycles. The summed E-state index contributed by atoms with van der Waals surface area (Å²) in [7, 11) is 7.64. The number of anilines is 3. The van der Waals surface area contributed by atoms with Crippen molar-refractivity contribution in [2.24, 2.45) is 0 Å². The van der Waals surface area contributed by atoms with Crippen LogP contribution in [0.3, 0.4) is 0 Å². The standard InChI is InChI=1S/C23H26N4O2/c1-26(2)15-22(28)24-16-8-7-9-17(14-16)25-23(29)20-12-13-21(27(3)4)19-11-6-5-10-18(19)20/h5-14H,15H2,1-4H3,(H,24,28)(H,25,29). The Labute approximate surface area is 171 Å². The molecule has 2 N–H and O–H groups in total. The number of carbonyl (C=O) groups excluding carboxylic acids is 2. The molecular weight excluding hydrogens is 364 g/mol. The molecule has 0 aliphatic rings. The van der Waals surface area contributed by atoms with Gasteiger partial charge in [0.05, 0.1) is 6.54 Å². The third kappa shape index (κ3) is 4.92. The van der Waals surface area contributed by atoms with Gasteiger partial charge in [-0.2, -0.15) is 0 Å². The van der Waals surface area contributed by atoms with Gasteiger partial charge in [-0.3, -0.25) is 9.59 Å². The maximum absolute atomic E-state index is 13.0. The molecule has 0 fully saturated rings. The van der Waals surface area contributed by atoms with Crippen LogP contribution in [0.4, 0.5) is 17.1 Å². The van der Waals surface area contributed by atoms with E-state index in [9.17, 15) is 9.59 Å². The van der Waals surface area contributed by atoms with Crippen LogP contribution in [0.15, 0.2) is 60.7 Å². The van der Waals surface area contributed by atoms with Gasteiger partial charge in [0.25, 0.3) is 5.91 Å². The number of hydrogen-bond acceptors (Lipinski definition) is 4. The monoisotopic (exact) mass is 390 g/mol. The van der Waals surface area contributed by atoms with Gasteiger partial charge in [-0.05, 0) is 49.8 Å². The molecule has 6 nitrogen and oxygen atoms in total. The number of rotatable bonds is 6. The minimum Gasteiger partial charge on any atom is -0.377 e. The Morgan fingerprint density at radius 3 is 2.10 bits per heavy atom. The van der Waals surface area contributed by atoms with E-state index in [2.05, 4.69) is 10.6 Å². The van der Waals surface area contributed by atoms with Gasteiger partial charge in [0.15, 0.2) is 0 Å². The third-order valence-electron chi connectivity index (χ3n) is 4.49. The van der Waals surface area contributed by atoms with Crippen molar-refractivity contribution in [1.82, 2.24) is 4.90 Å². The van der Waals surface area contributed by atoms with Crippen molar-refractivity contribution >= 4 is 39.6 Å². The topological polar surface area (TPSA) is 64.7 Å². The first-order chi connectivity index (χ1) is 13.8. The number of nitrogens with one attached hydrogen (secondary N) is 2. The maximum atomic E-state index is 13.0. The Morgan fingerprint density at radius 1 is 0.793 bits per heavy atom. The van der Waals surface area contributed by atoms with Crippen LogP contribution in [0, 0.1) is 0 Å². The molecular formula is C23H26N4O2. The summed E-state index contributed by atoms with van der Waals surface area (Å²) in [6.07, 6.45) is 0. The lowest BCUT2D eigenvalue weighted by Gasteiger charge is -2.17. The summed E-state index contributed by atoms with van der Waals surface area (Å²) < 4.78 is 0. The summed E-state index contributed by atoms with van der Waals surface area (Å²) in [5.74, 6) is -0.299. The maximum Gasteiger partial charge on any atom is 0.256 e. The fourth-order valence-electron chi connectivity index (χ4n) is 3.23. The number of nitrogens with zero attached hydrogens (tertiary/aromatic N) is 2. The van der Waals surface area contributed by atoms with Gasteiger partial charge in [-0.1, -0.05) is 30.3 Å². The number of amides is 2. The van der Waals surface area contributed by atoms with E-state index in [1.54, 1.807) is 29.2 Å². The van der Waals surface area contributed by atoms with E-state index in [0.717, 1.165) is 16.5 Å². The molecule has 0 aliphatic carbocycles. The van der Waals surface area contributed by atoms with Gasteiger partial charge in [-0.15, -0.1) is 0 Å². The van der Waals surface area contributed by atoms with Gasteiger partial charge in [0, 0.05) is 42.1 Å². The Bertz CT molecular complexity index is 1040. The minimum atomic E-state index is -0.191. The Kier molecular flexibility index (Phi) is 6.14. The summed E-state index contributed by atoms with van der Waals surface area (Å²) in [5, 5.41) is 7.70. The van der Waals surface area contributed by atoms with E-state index in [4.69, 9.17) is 0 Å². The molecule has 0 aromatic heterocycles. The van der Waals surface area contributed by atoms with Crippen LogP contribution in [-0.2, 0) is 4.79 Å². The Hall–Kier alpha value is -3.38. The van der Waals surface area contributed by atoms with Crippen LogP contribution < -0.4 is 15.5 Å². The van der Waals surface area contributed by atoms with Crippen LogP contribution in [0.1, 0.15) is 10.4 Å². The summed E-state index contributed by atoms with van der Waals surface area (Å²) in [4.78, 5) is 28.8. The summed E-state index contributed by atoms with van der Waals surface area (Å²) in [5.41, 5.74) is 2.93. The zero-order valence-corrected chi connectivity index (χ0v) is 17.2. The molecule has 3 aromatic rings. The number of fused-ring (bicyclic) bond motifs is 1. The van der Waals surface area contributed by atoms with Crippen LogP contribution in [0.2, 0.25) is 0 Å². The zero-order chi connectivity index (χ0) is 21.0. The SMILES string of the molecule is CN(C)CC(=O)Nc1cccc(NC(=O)c2ccc(N(C)C)c3ccccc23)c1. The van der Waals surface area contributed by atoms with Gasteiger partial charge < -0.3 is 20.4 Å². The highest BCUT2D eigenvalue weighted by atomic mass is 16.2. The van der Waals surface area contributed by atoms with Crippen molar-refractivity contribution in [3.8, 4) is 0 Å². The molecule has 0 bridgehead atoms. The largest absolute Gasteiger partial charge is 0.377 e. The average molecular weight is 390 g/mol. The van der Waals surface area contributed by atoms with E-state index in [0.29, 0.717) is 23.5 Å². The van der Waals surface area contributed by atoms with E-state index in [1.807, 2.05) is 69.5 Å². The van der Waals surface area contributed by atoms with Gasteiger partial charge in [0.2, 0.25) is 5.91 Å². The van der Waals surface area contributed by atoms with Crippen molar-refractivity contribution in [3.63, 3.8) is 0 Å². The van der Waals surface area contributed by atoms with Crippen LogP contribution in [-0.4, -0.2) is 51.4 Å². The molecule has 0 spiro atoms. The highest BCUT2D eigenvalue weighted by Gasteiger charge is 2.14. The third-order valence-corrected chi connectivity index (χ3v) is 4.49. The van der Waals surface area contributed by atoms with E-state index >= 15 is 0 Å². The number of hydrogen-bond donors (Lipinski definition) is 2. The Balaban J connectivity index is 1.83. The number of carbonyl (C=O) groups is 2. The molecule has 150 valence electrons.